The summed E-state index contributed by atoms with van der Waals surface area (Å²) >= 11 is 6.76. The molecule has 34 heavy (non-hydrogen) atoms. The van der Waals surface area contributed by atoms with Gasteiger partial charge in [0, 0.05) is 45.5 Å². The lowest BCUT2D eigenvalue weighted by Crippen LogP contribution is -2.26. The van der Waals surface area contributed by atoms with Crippen molar-refractivity contribution >= 4 is 11.6 Å². The third kappa shape index (κ3) is 6.12. The molecule has 0 radical (unpaired) electrons. The first-order chi connectivity index (χ1) is 16.7. The highest BCUT2D eigenvalue weighted by Crippen LogP contribution is 2.32. The third-order valence-electron chi connectivity index (χ3n) is 6.00. The highest BCUT2D eigenvalue weighted by Gasteiger charge is 2.20. The molecule has 4 rings (SSSR count). The van der Waals surface area contributed by atoms with Gasteiger partial charge in [-0.1, -0.05) is 61.3 Å². The van der Waals surface area contributed by atoms with Crippen LogP contribution >= 0.6 is 11.6 Å². The van der Waals surface area contributed by atoms with E-state index in [0.717, 1.165) is 74.1 Å². The molecule has 182 valence electrons. The van der Waals surface area contributed by atoms with Crippen LogP contribution in [0.3, 0.4) is 0 Å². The number of halogens is 1. The van der Waals surface area contributed by atoms with Gasteiger partial charge in [-0.2, -0.15) is 0 Å². The summed E-state index contributed by atoms with van der Waals surface area (Å²) in [7, 11) is 1.74. The molecule has 0 atom stereocenters. The standard InChI is InChI=1S/C27H34ClN3O3/c1-3-4-14-31-23(26(28)29-27(31)22-9-6-5-7-10-22)20-30(13-8-15-32-2)19-21-11-12-24-25(18-21)34-17-16-33-24/h5-7,9-12,18H,3-4,8,13-17,19-20H2,1-2H3. The highest BCUT2D eigenvalue weighted by molar-refractivity contribution is 6.30. The molecule has 0 amide bonds. The fraction of sp³-hybridized carbons (Fsp3) is 0.444. The lowest BCUT2D eigenvalue weighted by Gasteiger charge is -2.25. The van der Waals surface area contributed by atoms with Gasteiger partial charge in [-0.15, -0.1) is 0 Å². The molecular formula is C27H34ClN3O3. The molecule has 1 aliphatic rings. The number of hydrogen-bond acceptors (Lipinski definition) is 5. The summed E-state index contributed by atoms with van der Waals surface area (Å²) in [4.78, 5) is 7.20. The average molecular weight is 484 g/mol. The summed E-state index contributed by atoms with van der Waals surface area (Å²) in [5.74, 6) is 2.57. The number of unbranched alkanes of at least 4 members (excludes halogenated alkanes) is 1. The third-order valence-corrected chi connectivity index (χ3v) is 6.30. The molecule has 0 saturated carbocycles. The maximum Gasteiger partial charge on any atom is 0.161 e. The predicted octanol–water partition coefficient (Wildman–Crippen LogP) is 5.81. The summed E-state index contributed by atoms with van der Waals surface area (Å²) in [6.45, 7) is 7.37. The number of nitrogens with zero attached hydrogens (tertiary/aromatic N) is 3. The molecule has 6 nitrogen and oxygen atoms in total. The molecule has 1 aliphatic heterocycles. The monoisotopic (exact) mass is 483 g/mol. The van der Waals surface area contributed by atoms with E-state index in [0.29, 0.717) is 24.9 Å². The van der Waals surface area contributed by atoms with Gasteiger partial charge >= 0.3 is 0 Å². The molecule has 2 heterocycles. The lowest BCUT2D eigenvalue weighted by molar-refractivity contribution is 0.163. The Balaban J connectivity index is 1.60. The molecule has 0 aliphatic carbocycles. The Hall–Kier alpha value is -2.54. The minimum absolute atomic E-state index is 0.578. The van der Waals surface area contributed by atoms with E-state index in [4.69, 9.17) is 30.8 Å². The Bertz CT molecular complexity index is 1050. The summed E-state index contributed by atoms with van der Waals surface area (Å²) < 4.78 is 19.1. The molecule has 1 aromatic heterocycles. The molecule has 2 aromatic carbocycles. The second-order valence-electron chi connectivity index (χ2n) is 8.58. The van der Waals surface area contributed by atoms with Crippen molar-refractivity contribution in [1.29, 1.82) is 0 Å². The average Bonchev–Trinajstić information content (AvgIpc) is 3.18. The van der Waals surface area contributed by atoms with E-state index in [1.807, 2.05) is 24.3 Å². The van der Waals surface area contributed by atoms with E-state index in [1.165, 1.54) is 5.56 Å². The van der Waals surface area contributed by atoms with E-state index in [1.54, 1.807) is 7.11 Å². The van der Waals surface area contributed by atoms with Crippen molar-refractivity contribution in [3.8, 4) is 22.9 Å². The Morgan fingerprint density at radius 2 is 1.82 bits per heavy atom. The Morgan fingerprint density at radius 3 is 2.59 bits per heavy atom. The number of aromatic nitrogens is 2. The van der Waals surface area contributed by atoms with Gasteiger partial charge in [0.2, 0.25) is 0 Å². The van der Waals surface area contributed by atoms with Gasteiger partial charge in [0.15, 0.2) is 16.7 Å². The number of ether oxygens (including phenoxy) is 3. The zero-order valence-corrected chi connectivity index (χ0v) is 20.9. The van der Waals surface area contributed by atoms with E-state index in [-0.39, 0.29) is 0 Å². The molecular weight excluding hydrogens is 450 g/mol. The van der Waals surface area contributed by atoms with Gasteiger partial charge in [0.1, 0.15) is 19.0 Å². The summed E-state index contributed by atoms with van der Waals surface area (Å²) in [6.07, 6.45) is 3.12. The van der Waals surface area contributed by atoms with E-state index in [9.17, 15) is 0 Å². The van der Waals surface area contributed by atoms with E-state index < -0.39 is 0 Å². The zero-order chi connectivity index (χ0) is 23.8. The molecule has 0 fully saturated rings. The Labute approximate surface area is 207 Å². The molecule has 0 bridgehead atoms. The van der Waals surface area contributed by atoms with Gasteiger partial charge in [-0.05, 0) is 30.5 Å². The largest absolute Gasteiger partial charge is 0.486 e. The van der Waals surface area contributed by atoms with Crippen molar-refractivity contribution < 1.29 is 14.2 Å². The van der Waals surface area contributed by atoms with Crippen molar-refractivity contribution in [3.63, 3.8) is 0 Å². The first-order valence-corrected chi connectivity index (χ1v) is 12.5. The Kier molecular flexibility index (Phi) is 8.85. The SMILES string of the molecule is CCCCn1c(-c2ccccc2)nc(Cl)c1CN(CCCOC)Cc1ccc2c(c1)OCCO2. The molecule has 0 spiro atoms. The van der Waals surface area contributed by atoms with E-state index >= 15 is 0 Å². The second kappa shape index (κ2) is 12.2. The van der Waals surface area contributed by atoms with Gasteiger partial charge in [0.25, 0.3) is 0 Å². The highest BCUT2D eigenvalue weighted by atomic mass is 35.5. The van der Waals surface area contributed by atoms with Crippen LogP contribution in [0.15, 0.2) is 48.5 Å². The van der Waals surface area contributed by atoms with Crippen LogP contribution in [-0.2, 0) is 24.4 Å². The molecule has 7 heteroatoms. The zero-order valence-electron chi connectivity index (χ0n) is 20.1. The number of benzene rings is 2. The topological polar surface area (TPSA) is 48.8 Å². The fourth-order valence-corrected chi connectivity index (χ4v) is 4.52. The van der Waals surface area contributed by atoms with Crippen molar-refractivity contribution in [2.45, 2.75) is 45.8 Å². The summed E-state index contributed by atoms with van der Waals surface area (Å²) in [5.41, 5.74) is 3.33. The normalized spacial score (nSPS) is 12.9. The van der Waals surface area contributed by atoms with Crippen LogP contribution in [0, 0.1) is 0 Å². The van der Waals surface area contributed by atoms with Gasteiger partial charge < -0.3 is 18.8 Å². The minimum atomic E-state index is 0.578. The first-order valence-electron chi connectivity index (χ1n) is 12.1. The Morgan fingerprint density at radius 1 is 1.03 bits per heavy atom. The van der Waals surface area contributed by atoms with Gasteiger partial charge in [-0.25, -0.2) is 4.98 Å². The van der Waals surface area contributed by atoms with Crippen molar-refractivity contribution in [2.24, 2.45) is 0 Å². The van der Waals surface area contributed by atoms with Gasteiger partial charge in [0.05, 0.1) is 5.69 Å². The summed E-state index contributed by atoms with van der Waals surface area (Å²) in [5, 5.41) is 0.578. The maximum atomic E-state index is 6.76. The minimum Gasteiger partial charge on any atom is -0.486 e. The summed E-state index contributed by atoms with van der Waals surface area (Å²) in [6, 6.07) is 16.5. The van der Waals surface area contributed by atoms with Crippen LogP contribution in [0.2, 0.25) is 5.15 Å². The van der Waals surface area contributed by atoms with Gasteiger partial charge in [-0.3, -0.25) is 4.90 Å². The fourth-order valence-electron chi connectivity index (χ4n) is 4.27. The van der Waals surface area contributed by atoms with Crippen LogP contribution in [0.1, 0.15) is 37.4 Å². The lowest BCUT2D eigenvalue weighted by atomic mass is 10.1. The second-order valence-corrected chi connectivity index (χ2v) is 8.94. The maximum absolute atomic E-state index is 6.76. The van der Waals surface area contributed by atoms with E-state index in [2.05, 4.69) is 40.7 Å². The van der Waals surface area contributed by atoms with Crippen LogP contribution in [0.4, 0.5) is 0 Å². The number of imidazole rings is 1. The predicted molar refractivity (Wildman–Crippen MR) is 136 cm³/mol. The van der Waals surface area contributed by atoms with Crippen molar-refractivity contribution in [1.82, 2.24) is 14.5 Å². The molecule has 0 N–H and O–H groups in total. The number of fused-ring (bicyclic) bond motifs is 1. The number of rotatable bonds is 12. The van der Waals surface area contributed by atoms with Crippen LogP contribution in [0.5, 0.6) is 11.5 Å². The first kappa shape index (κ1) is 24.6. The van der Waals surface area contributed by atoms with Crippen LogP contribution < -0.4 is 9.47 Å². The number of hydrogen-bond donors (Lipinski definition) is 0. The van der Waals surface area contributed by atoms with Crippen LogP contribution in [-0.4, -0.2) is 47.9 Å². The number of methoxy groups -OCH3 is 1. The molecule has 0 saturated heterocycles. The van der Waals surface area contributed by atoms with Crippen molar-refractivity contribution in [2.75, 3.05) is 33.5 Å². The molecule has 0 unspecified atom stereocenters. The van der Waals surface area contributed by atoms with Crippen LogP contribution in [0.25, 0.3) is 11.4 Å². The molecule has 3 aromatic rings. The quantitative estimate of drug-likeness (QED) is 0.304. The van der Waals surface area contributed by atoms with Crippen molar-refractivity contribution in [3.05, 3.63) is 64.9 Å². The smallest absolute Gasteiger partial charge is 0.161 e.